The van der Waals surface area contributed by atoms with Gasteiger partial charge < -0.3 is 10.1 Å². The molecular formula is C23H23F3N6O2. The number of carbonyl (C=O) groups is 1. The highest BCUT2D eigenvalue weighted by Crippen LogP contribution is 2.31. The molecule has 0 aliphatic carbocycles. The van der Waals surface area contributed by atoms with Crippen LogP contribution in [0.1, 0.15) is 38.2 Å². The van der Waals surface area contributed by atoms with Crippen LogP contribution >= 0.6 is 0 Å². The molecule has 34 heavy (non-hydrogen) atoms. The van der Waals surface area contributed by atoms with E-state index in [4.69, 9.17) is 4.74 Å². The van der Waals surface area contributed by atoms with E-state index in [9.17, 15) is 18.0 Å². The van der Waals surface area contributed by atoms with Crippen LogP contribution in [0.3, 0.4) is 0 Å². The summed E-state index contributed by atoms with van der Waals surface area (Å²) in [7, 11) is 0. The van der Waals surface area contributed by atoms with Crippen molar-refractivity contribution in [3.8, 4) is 11.1 Å². The van der Waals surface area contributed by atoms with Crippen LogP contribution in [0.25, 0.3) is 11.1 Å². The molecule has 0 unspecified atom stereocenters. The standard InChI is InChI=1S/C23H23F3N6O2/c1-13(2)18-12-34-22(33)32(18)20-7-9-28-21(31-20)30-14(3)17-5-4-16(11-29-17)15-6-8-27-19(10-15)23(24,25)26/h4-11,13-14,18H,12H2,1-3H3,(H,28,30,31)/t14-,18+/m0/s1. The number of carbonyl (C=O) groups excluding carboxylic acids is 1. The van der Waals surface area contributed by atoms with Gasteiger partial charge in [0.1, 0.15) is 18.1 Å². The molecule has 8 nitrogen and oxygen atoms in total. The molecule has 1 aliphatic rings. The number of nitrogens with zero attached hydrogens (tertiary/aromatic N) is 5. The highest BCUT2D eigenvalue weighted by atomic mass is 19.4. The molecule has 11 heteroatoms. The van der Waals surface area contributed by atoms with Gasteiger partial charge in [0, 0.05) is 24.2 Å². The minimum Gasteiger partial charge on any atom is -0.447 e. The van der Waals surface area contributed by atoms with Gasteiger partial charge in [-0.25, -0.2) is 9.78 Å². The summed E-state index contributed by atoms with van der Waals surface area (Å²) in [5, 5.41) is 3.15. The number of rotatable bonds is 6. The van der Waals surface area contributed by atoms with Crippen LogP contribution in [0.4, 0.5) is 29.7 Å². The monoisotopic (exact) mass is 472 g/mol. The van der Waals surface area contributed by atoms with Gasteiger partial charge in [-0.2, -0.15) is 18.2 Å². The summed E-state index contributed by atoms with van der Waals surface area (Å²) >= 11 is 0. The zero-order valence-electron chi connectivity index (χ0n) is 18.7. The first-order valence-corrected chi connectivity index (χ1v) is 10.7. The number of pyridine rings is 2. The molecule has 4 rings (SSSR count). The number of amides is 1. The van der Waals surface area contributed by atoms with Crippen molar-refractivity contribution in [2.75, 3.05) is 16.8 Å². The Morgan fingerprint density at radius 1 is 1.06 bits per heavy atom. The summed E-state index contributed by atoms with van der Waals surface area (Å²) in [5.74, 6) is 0.932. The zero-order chi connectivity index (χ0) is 24.5. The Bertz CT molecular complexity index is 1170. The topological polar surface area (TPSA) is 93.1 Å². The quantitative estimate of drug-likeness (QED) is 0.533. The average Bonchev–Trinajstić information content (AvgIpc) is 3.20. The van der Waals surface area contributed by atoms with Crippen LogP contribution in [-0.4, -0.2) is 38.7 Å². The van der Waals surface area contributed by atoms with Gasteiger partial charge in [0.2, 0.25) is 5.95 Å². The lowest BCUT2D eigenvalue weighted by molar-refractivity contribution is -0.141. The number of halogens is 3. The Hall–Kier alpha value is -3.76. The number of anilines is 2. The van der Waals surface area contributed by atoms with Crippen molar-refractivity contribution in [1.29, 1.82) is 0 Å². The fourth-order valence-electron chi connectivity index (χ4n) is 3.61. The Kier molecular flexibility index (Phi) is 6.36. The van der Waals surface area contributed by atoms with Gasteiger partial charge in [0.15, 0.2) is 0 Å². The van der Waals surface area contributed by atoms with E-state index in [2.05, 4.69) is 25.3 Å². The number of hydrogen-bond donors (Lipinski definition) is 1. The Labute approximate surface area is 194 Å². The number of nitrogens with one attached hydrogen (secondary N) is 1. The molecule has 0 saturated carbocycles. The van der Waals surface area contributed by atoms with Crippen LogP contribution in [0.5, 0.6) is 0 Å². The minimum atomic E-state index is -4.52. The highest BCUT2D eigenvalue weighted by Gasteiger charge is 2.37. The van der Waals surface area contributed by atoms with Gasteiger partial charge in [-0.3, -0.25) is 14.9 Å². The third-order valence-electron chi connectivity index (χ3n) is 5.52. The number of ether oxygens (including phenoxy) is 1. The fourth-order valence-corrected chi connectivity index (χ4v) is 3.61. The third-order valence-corrected chi connectivity index (χ3v) is 5.52. The fraction of sp³-hybridized carbons (Fsp3) is 0.348. The first-order chi connectivity index (χ1) is 16.1. The molecule has 1 N–H and O–H groups in total. The summed E-state index contributed by atoms with van der Waals surface area (Å²) < 4.78 is 44.0. The molecule has 4 heterocycles. The average molecular weight is 472 g/mol. The largest absolute Gasteiger partial charge is 0.447 e. The summed E-state index contributed by atoms with van der Waals surface area (Å²) in [6, 6.07) is 7.13. The number of aromatic nitrogens is 4. The van der Waals surface area contributed by atoms with E-state index in [0.29, 0.717) is 35.2 Å². The molecule has 2 atom stereocenters. The van der Waals surface area contributed by atoms with Crippen LogP contribution < -0.4 is 10.2 Å². The first kappa shape index (κ1) is 23.4. The van der Waals surface area contributed by atoms with E-state index < -0.39 is 18.0 Å². The van der Waals surface area contributed by atoms with Crippen molar-refractivity contribution in [3.63, 3.8) is 0 Å². The zero-order valence-corrected chi connectivity index (χ0v) is 18.7. The summed E-state index contributed by atoms with van der Waals surface area (Å²) in [6.07, 6.45) is -0.775. The molecule has 3 aromatic heterocycles. The van der Waals surface area contributed by atoms with E-state index in [1.165, 1.54) is 17.2 Å². The van der Waals surface area contributed by atoms with Crippen molar-refractivity contribution in [2.45, 2.75) is 39.0 Å². The van der Waals surface area contributed by atoms with Crippen molar-refractivity contribution in [3.05, 3.63) is 60.3 Å². The smallest absolute Gasteiger partial charge is 0.433 e. The second-order valence-electron chi connectivity index (χ2n) is 8.26. The van der Waals surface area contributed by atoms with Crippen LogP contribution in [0.15, 0.2) is 48.9 Å². The minimum absolute atomic E-state index is 0.118. The SMILES string of the molecule is CC(C)[C@H]1COC(=O)N1c1ccnc(N[C@@H](C)c2ccc(-c3ccnc(C(F)(F)F)c3)cn2)n1. The molecule has 3 aromatic rings. The van der Waals surface area contributed by atoms with Gasteiger partial charge in [-0.15, -0.1) is 0 Å². The van der Waals surface area contributed by atoms with Crippen molar-refractivity contribution >= 4 is 17.9 Å². The molecule has 0 spiro atoms. The van der Waals surface area contributed by atoms with Gasteiger partial charge in [-0.05, 0) is 42.7 Å². The molecular weight excluding hydrogens is 449 g/mol. The van der Waals surface area contributed by atoms with Gasteiger partial charge >= 0.3 is 12.3 Å². The summed E-state index contributed by atoms with van der Waals surface area (Å²) in [5.41, 5.74) is 0.593. The van der Waals surface area contributed by atoms with E-state index in [0.717, 1.165) is 12.3 Å². The van der Waals surface area contributed by atoms with Crippen molar-refractivity contribution in [2.24, 2.45) is 5.92 Å². The lowest BCUT2D eigenvalue weighted by Crippen LogP contribution is -2.37. The maximum atomic E-state index is 12.9. The lowest BCUT2D eigenvalue weighted by Gasteiger charge is -2.23. The van der Waals surface area contributed by atoms with Crippen molar-refractivity contribution < 1.29 is 22.7 Å². The molecule has 0 aromatic carbocycles. The second kappa shape index (κ2) is 9.24. The van der Waals surface area contributed by atoms with Crippen LogP contribution in [-0.2, 0) is 10.9 Å². The maximum Gasteiger partial charge on any atom is 0.433 e. The summed E-state index contributed by atoms with van der Waals surface area (Å²) in [6.45, 7) is 6.17. The van der Waals surface area contributed by atoms with E-state index in [-0.39, 0.29) is 18.0 Å². The lowest BCUT2D eigenvalue weighted by atomic mass is 10.0. The first-order valence-electron chi connectivity index (χ1n) is 10.7. The Balaban J connectivity index is 1.49. The molecule has 0 radical (unpaired) electrons. The maximum absolute atomic E-state index is 12.9. The second-order valence-corrected chi connectivity index (χ2v) is 8.26. The van der Waals surface area contributed by atoms with Crippen LogP contribution in [0.2, 0.25) is 0 Å². The Morgan fingerprint density at radius 2 is 1.82 bits per heavy atom. The molecule has 1 aliphatic heterocycles. The molecule has 1 fully saturated rings. The molecule has 0 bridgehead atoms. The van der Waals surface area contributed by atoms with E-state index >= 15 is 0 Å². The summed E-state index contributed by atoms with van der Waals surface area (Å²) in [4.78, 5) is 30.2. The van der Waals surface area contributed by atoms with E-state index in [1.54, 1.807) is 24.4 Å². The molecule has 1 saturated heterocycles. The number of alkyl halides is 3. The van der Waals surface area contributed by atoms with Crippen LogP contribution in [0, 0.1) is 5.92 Å². The molecule has 178 valence electrons. The highest BCUT2D eigenvalue weighted by molar-refractivity contribution is 5.89. The predicted molar refractivity (Wildman–Crippen MR) is 119 cm³/mol. The van der Waals surface area contributed by atoms with Crippen molar-refractivity contribution in [1.82, 2.24) is 19.9 Å². The number of hydrogen-bond acceptors (Lipinski definition) is 7. The Morgan fingerprint density at radius 3 is 2.50 bits per heavy atom. The van der Waals surface area contributed by atoms with Gasteiger partial charge in [-0.1, -0.05) is 19.9 Å². The number of cyclic esters (lactones) is 1. The predicted octanol–water partition coefficient (Wildman–Crippen LogP) is 5.11. The van der Waals surface area contributed by atoms with Gasteiger partial charge in [0.05, 0.1) is 17.8 Å². The molecule has 1 amide bonds. The normalized spacial score (nSPS) is 17.1. The third kappa shape index (κ3) is 4.92. The van der Waals surface area contributed by atoms with E-state index in [1.807, 2.05) is 20.8 Å². The van der Waals surface area contributed by atoms with Gasteiger partial charge in [0.25, 0.3) is 0 Å².